The molecule has 0 spiro atoms. The van der Waals surface area contributed by atoms with Gasteiger partial charge in [-0.2, -0.15) is 0 Å². The summed E-state index contributed by atoms with van der Waals surface area (Å²) in [6.45, 7) is 6.51. The van der Waals surface area contributed by atoms with Crippen LogP contribution in [0.1, 0.15) is 84.9 Å². The van der Waals surface area contributed by atoms with Crippen molar-refractivity contribution in [1.82, 2.24) is 0 Å². The van der Waals surface area contributed by atoms with Crippen molar-refractivity contribution < 1.29 is 28.9 Å². The van der Waals surface area contributed by atoms with Gasteiger partial charge < -0.3 is 19.3 Å². The van der Waals surface area contributed by atoms with Gasteiger partial charge in [0, 0.05) is 11.1 Å². The Morgan fingerprint density at radius 2 is 0.950 bits per heavy atom. The molecular formula is C34H50N2O4+2. The van der Waals surface area contributed by atoms with Crippen molar-refractivity contribution in [2.75, 3.05) is 53.5 Å². The third-order valence-electron chi connectivity index (χ3n) is 9.04. The Bertz CT molecular complexity index is 955. The van der Waals surface area contributed by atoms with E-state index in [4.69, 9.17) is 9.47 Å². The highest BCUT2D eigenvalue weighted by atomic mass is 16.5. The Kier molecular flexibility index (Phi) is 12.0. The molecule has 0 radical (unpaired) electrons. The van der Waals surface area contributed by atoms with Crippen LogP contribution in [0.2, 0.25) is 0 Å². The van der Waals surface area contributed by atoms with E-state index in [9.17, 15) is 9.59 Å². The zero-order chi connectivity index (χ0) is 28.2. The minimum absolute atomic E-state index is 0.0185. The van der Waals surface area contributed by atoms with Crippen LogP contribution in [-0.2, 0) is 0 Å². The monoisotopic (exact) mass is 550 g/mol. The molecule has 6 heteroatoms. The van der Waals surface area contributed by atoms with E-state index in [-0.39, 0.29) is 23.4 Å². The molecule has 6 nitrogen and oxygen atoms in total. The van der Waals surface area contributed by atoms with E-state index in [1.54, 1.807) is 24.0 Å². The summed E-state index contributed by atoms with van der Waals surface area (Å²) in [6.07, 6.45) is 11.4. The van der Waals surface area contributed by atoms with Crippen molar-refractivity contribution in [3.05, 3.63) is 59.7 Å². The first-order chi connectivity index (χ1) is 19.6. The molecule has 0 amide bonds. The summed E-state index contributed by atoms with van der Waals surface area (Å²) in [4.78, 5) is 30.4. The Morgan fingerprint density at radius 1 is 0.600 bits per heavy atom. The lowest BCUT2D eigenvalue weighted by atomic mass is 9.88. The van der Waals surface area contributed by atoms with Gasteiger partial charge in [-0.15, -0.1) is 0 Å². The van der Waals surface area contributed by atoms with E-state index in [1.165, 1.54) is 64.7 Å². The minimum Gasteiger partial charge on any atom is -0.497 e. The number of hydrogen-bond acceptors (Lipinski definition) is 4. The average Bonchev–Trinajstić information content (AvgIpc) is 3.02. The van der Waals surface area contributed by atoms with Crippen LogP contribution in [0.4, 0.5) is 0 Å². The number of likely N-dealkylation sites (tertiary alicyclic amines) is 2. The molecule has 2 N–H and O–H groups in total. The smallest absolute Gasteiger partial charge is 0.171 e. The van der Waals surface area contributed by atoms with Gasteiger partial charge in [0.15, 0.2) is 11.6 Å². The van der Waals surface area contributed by atoms with Crippen LogP contribution < -0.4 is 19.3 Å². The van der Waals surface area contributed by atoms with E-state index >= 15 is 0 Å². The van der Waals surface area contributed by atoms with E-state index in [0.717, 1.165) is 61.4 Å². The van der Waals surface area contributed by atoms with Gasteiger partial charge in [0.1, 0.15) is 11.5 Å². The summed E-state index contributed by atoms with van der Waals surface area (Å²) >= 11 is 0. The van der Waals surface area contributed by atoms with Gasteiger partial charge >= 0.3 is 0 Å². The molecular weight excluding hydrogens is 500 g/mol. The van der Waals surface area contributed by atoms with Crippen LogP contribution in [0.3, 0.4) is 0 Å². The molecule has 2 fully saturated rings. The lowest BCUT2D eigenvalue weighted by Gasteiger charge is -2.28. The maximum absolute atomic E-state index is 13.6. The number of carbonyl (C=O) groups excluding carboxylic acids is 2. The van der Waals surface area contributed by atoms with Gasteiger partial charge in [-0.05, 0) is 99.9 Å². The molecule has 0 aliphatic carbocycles. The Hall–Kier alpha value is -2.70. The van der Waals surface area contributed by atoms with Crippen LogP contribution in [0, 0.1) is 11.8 Å². The predicted molar refractivity (Wildman–Crippen MR) is 159 cm³/mol. The molecule has 2 aliphatic rings. The third-order valence-corrected chi connectivity index (χ3v) is 9.04. The number of rotatable bonds is 15. The molecule has 2 saturated heterocycles. The molecule has 2 heterocycles. The van der Waals surface area contributed by atoms with Crippen LogP contribution in [0.5, 0.6) is 11.5 Å². The van der Waals surface area contributed by atoms with Gasteiger partial charge in [-0.3, -0.25) is 9.59 Å². The molecule has 2 aliphatic heterocycles. The first kappa shape index (κ1) is 30.3. The van der Waals surface area contributed by atoms with Gasteiger partial charge in [-0.1, -0.05) is 12.8 Å². The van der Waals surface area contributed by atoms with E-state index < -0.39 is 0 Å². The Morgan fingerprint density at radius 3 is 1.27 bits per heavy atom. The quantitative estimate of drug-likeness (QED) is 0.262. The number of methoxy groups -OCH3 is 2. The second kappa shape index (κ2) is 15.9. The maximum Gasteiger partial charge on any atom is 0.171 e. The molecule has 2 aromatic rings. The Labute approximate surface area is 241 Å². The highest BCUT2D eigenvalue weighted by molar-refractivity contribution is 5.98. The van der Waals surface area contributed by atoms with E-state index in [1.807, 2.05) is 48.5 Å². The van der Waals surface area contributed by atoms with Gasteiger partial charge in [0.25, 0.3) is 0 Å². The number of ketones is 2. The molecule has 2 atom stereocenters. The highest BCUT2D eigenvalue weighted by Crippen LogP contribution is 2.22. The van der Waals surface area contributed by atoms with Gasteiger partial charge in [-0.25, -0.2) is 0 Å². The lowest BCUT2D eigenvalue weighted by Crippen LogP contribution is -3.13. The molecule has 2 aromatic carbocycles. The number of benzene rings is 2. The lowest BCUT2D eigenvalue weighted by molar-refractivity contribution is -0.907. The summed E-state index contributed by atoms with van der Waals surface area (Å²) in [5, 5.41) is 0. The molecule has 40 heavy (non-hydrogen) atoms. The van der Waals surface area contributed by atoms with Crippen LogP contribution in [0.25, 0.3) is 0 Å². The number of hydrogen-bond donors (Lipinski definition) is 2. The fourth-order valence-electron chi connectivity index (χ4n) is 6.62. The largest absolute Gasteiger partial charge is 0.497 e. The number of quaternary nitrogens is 2. The normalized spacial score (nSPS) is 18.1. The number of Topliss-reactive ketones (excluding diaryl/α,β-unsaturated/α-hetero) is 2. The number of unbranched alkanes of at least 4 members (excludes halogenated alkanes) is 1. The standard InChI is InChI=1S/C34H48N2O4/c1-39-31-17-13-27(14-18-31)33(37)29(25-35-21-7-3-8-22-35)11-5-6-12-30(26-36-23-9-4-10-24-36)34(38)28-15-19-32(40-2)20-16-28/h13-20,29-30H,3-12,21-26H2,1-2H3/p+2. The first-order valence-corrected chi connectivity index (χ1v) is 15.6. The van der Waals surface area contributed by atoms with E-state index in [2.05, 4.69) is 0 Å². The van der Waals surface area contributed by atoms with Crippen molar-refractivity contribution in [2.45, 2.75) is 64.2 Å². The Balaban J connectivity index is 1.39. The maximum atomic E-state index is 13.6. The second-order valence-electron chi connectivity index (χ2n) is 11.9. The van der Waals surface area contributed by atoms with E-state index in [0.29, 0.717) is 0 Å². The molecule has 2 unspecified atom stereocenters. The number of ether oxygens (including phenoxy) is 2. The van der Waals surface area contributed by atoms with Crippen molar-refractivity contribution in [3.63, 3.8) is 0 Å². The van der Waals surface area contributed by atoms with Crippen LogP contribution in [0.15, 0.2) is 48.5 Å². The zero-order valence-electron chi connectivity index (χ0n) is 24.7. The van der Waals surface area contributed by atoms with Crippen LogP contribution in [-0.4, -0.2) is 65.1 Å². The summed E-state index contributed by atoms with van der Waals surface area (Å²) in [7, 11) is 3.30. The molecule has 218 valence electrons. The van der Waals surface area contributed by atoms with Crippen molar-refractivity contribution >= 4 is 11.6 Å². The SMILES string of the molecule is COc1ccc(C(=O)C(CCCCC(C[NH+]2CCCCC2)C(=O)c2ccc(OC)cc2)C[NH+]2CCCCC2)cc1. The number of piperidine rings is 2. The van der Waals surface area contributed by atoms with Gasteiger partial charge in [0.2, 0.25) is 0 Å². The molecule has 0 aromatic heterocycles. The third kappa shape index (κ3) is 8.90. The zero-order valence-corrected chi connectivity index (χ0v) is 24.7. The highest BCUT2D eigenvalue weighted by Gasteiger charge is 2.29. The van der Waals surface area contributed by atoms with Crippen LogP contribution >= 0.6 is 0 Å². The average molecular weight is 551 g/mol. The molecule has 0 bridgehead atoms. The fourth-order valence-corrected chi connectivity index (χ4v) is 6.62. The molecule has 0 saturated carbocycles. The summed E-state index contributed by atoms with van der Waals surface area (Å²) < 4.78 is 10.6. The summed E-state index contributed by atoms with van der Waals surface area (Å²) in [6, 6.07) is 15.2. The minimum atomic E-state index is 0.0185. The summed E-state index contributed by atoms with van der Waals surface area (Å²) in [5.74, 6) is 2.10. The van der Waals surface area contributed by atoms with Crippen molar-refractivity contribution in [3.8, 4) is 11.5 Å². The predicted octanol–water partition coefficient (Wildman–Crippen LogP) is 3.70. The van der Waals surface area contributed by atoms with Crippen molar-refractivity contribution in [1.29, 1.82) is 0 Å². The van der Waals surface area contributed by atoms with Gasteiger partial charge in [0.05, 0.1) is 65.3 Å². The first-order valence-electron chi connectivity index (χ1n) is 15.6. The van der Waals surface area contributed by atoms with Crippen molar-refractivity contribution in [2.24, 2.45) is 11.8 Å². The molecule has 4 rings (SSSR count). The fraction of sp³-hybridized carbons (Fsp3) is 0.588. The number of carbonyl (C=O) groups is 2. The topological polar surface area (TPSA) is 61.5 Å². The number of nitrogens with one attached hydrogen (secondary N) is 2. The summed E-state index contributed by atoms with van der Waals surface area (Å²) in [5.41, 5.74) is 1.56. The second-order valence-corrected chi connectivity index (χ2v) is 11.9.